The lowest BCUT2D eigenvalue weighted by atomic mass is 9.95. The first kappa shape index (κ1) is 19.1. The van der Waals surface area contributed by atoms with Gasteiger partial charge in [-0.1, -0.05) is 43.0 Å². The molecule has 1 aromatic rings. The van der Waals surface area contributed by atoms with Crippen molar-refractivity contribution in [3.05, 3.63) is 34.9 Å². The lowest BCUT2D eigenvalue weighted by Crippen LogP contribution is -2.42. The van der Waals surface area contributed by atoms with Gasteiger partial charge in [-0.2, -0.15) is 0 Å². The molecule has 1 unspecified atom stereocenters. The van der Waals surface area contributed by atoms with Gasteiger partial charge in [0.1, 0.15) is 5.60 Å². The topological polar surface area (TPSA) is 50.4 Å². The minimum absolute atomic E-state index is 0.166. The van der Waals surface area contributed by atoms with Crippen LogP contribution in [0.2, 0.25) is 5.02 Å². The van der Waals surface area contributed by atoms with E-state index in [4.69, 9.17) is 16.3 Å². The van der Waals surface area contributed by atoms with Gasteiger partial charge in [-0.25, -0.2) is 4.79 Å². The summed E-state index contributed by atoms with van der Waals surface area (Å²) in [5.74, 6) is 0. The first-order valence-electron chi connectivity index (χ1n) is 8.82. The second-order valence-electron chi connectivity index (χ2n) is 7.50. The van der Waals surface area contributed by atoms with Crippen molar-refractivity contribution in [2.24, 2.45) is 0 Å². The summed E-state index contributed by atoms with van der Waals surface area (Å²) < 4.78 is 5.40. The first-order valence-corrected chi connectivity index (χ1v) is 9.20. The zero-order chi connectivity index (χ0) is 17.6. The molecular weight excluding hydrogens is 324 g/mol. The van der Waals surface area contributed by atoms with Crippen LogP contribution in [0.1, 0.15) is 64.5 Å². The monoisotopic (exact) mass is 352 g/mol. The molecule has 1 atom stereocenters. The number of benzene rings is 1. The molecule has 0 aromatic heterocycles. The van der Waals surface area contributed by atoms with Crippen molar-refractivity contribution in [3.63, 3.8) is 0 Å². The zero-order valence-corrected chi connectivity index (χ0v) is 15.7. The molecule has 2 N–H and O–H groups in total. The number of nitrogens with one attached hydrogen (secondary N) is 2. The Labute approximate surface area is 150 Å². The van der Waals surface area contributed by atoms with Gasteiger partial charge in [0, 0.05) is 17.6 Å². The minimum Gasteiger partial charge on any atom is -0.444 e. The van der Waals surface area contributed by atoms with Gasteiger partial charge in [-0.05, 0) is 51.3 Å². The van der Waals surface area contributed by atoms with Gasteiger partial charge in [-0.15, -0.1) is 0 Å². The Balaban J connectivity index is 2.01. The lowest BCUT2D eigenvalue weighted by molar-refractivity contribution is 0.0502. The molecule has 2 rings (SSSR count). The van der Waals surface area contributed by atoms with Crippen LogP contribution < -0.4 is 10.6 Å². The van der Waals surface area contributed by atoms with Crippen molar-refractivity contribution < 1.29 is 9.53 Å². The van der Waals surface area contributed by atoms with Gasteiger partial charge in [-0.3, -0.25) is 0 Å². The molecule has 1 aromatic carbocycles. The van der Waals surface area contributed by atoms with Crippen LogP contribution >= 0.6 is 11.6 Å². The molecule has 5 heteroatoms. The highest BCUT2D eigenvalue weighted by atomic mass is 35.5. The zero-order valence-electron chi connectivity index (χ0n) is 14.9. The highest BCUT2D eigenvalue weighted by molar-refractivity contribution is 6.30. The van der Waals surface area contributed by atoms with E-state index in [1.54, 1.807) is 0 Å². The quantitative estimate of drug-likeness (QED) is 0.798. The molecule has 4 nitrogen and oxygen atoms in total. The smallest absolute Gasteiger partial charge is 0.408 e. The second kappa shape index (κ2) is 8.72. The van der Waals surface area contributed by atoms with Crippen molar-refractivity contribution in [3.8, 4) is 0 Å². The molecule has 134 valence electrons. The fourth-order valence-corrected chi connectivity index (χ4v) is 3.22. The maximum atomic E-state index is 12.2. The largest absolute Gasteiger partial charge is 0.444 e. The third-order valence-electron chi connectivity index (χ3n) is 4.16. The molecule has 1 aliphatic rings. The Hall–Kier alpha value is -1.26. The van der Waals surface area contributed by atoms with Crippen molar-refractivity contribution in [2.75, 3.05) is 6.54 Å². The van der Waals surface area contributed by atoms with Crippen LogP contribution in [0, 0.1) is 0 Å². The van der Waals surface area contributed by atoms with Crippen LogP contribution in [0.4, 0.5) is 4.79 Å². The molecule has 24 heavy (non-hydrogen) atoms. The number of hydrogen-bond acceptors (Lipinski definition) is 3. The van der Waals surface area contributed by atoms with Gasteiger partial charge < -0.3 is 15.4 Å². The van der Waals surface area contributed by atoms with Gasteiger partial charge >= 0.3 is 6.09 Å². The van der Waals surface area contributed by atoms with E-state index in [0.29, 0.717) is 17.6 Å². The third-order valence-corrected chi connectivity index (χ3v) is 4.39. The van der Waals surface area contributed by atoms with E-state index in [0.717, 1.165) is 5.56 Å². The van der Waals surface area contributed by atoms with Crippen LogP contribution in [0.3, 0.4) is 0 Å². The van der Waals surface area contributed by atoms with Gasteiger partial charge in [0.15, 0.2) is 0 Å². The van der Waals surface area contributed by atoms with Crippen molar-refractivity contribution in [2.45, 2.75) is 70.6 Å². The van der Waals surface area contributed by atoms with E-state index in [-0.39, 0.29) is 6.04 Å². The summed E-state index contributed by atoms with van der Waals surface area (Å²) in [5, 5.41) is 7.24. The number of alkyl carbamates (subject to hydrolysis) is 1. The van der Waals surface area contributed by atoms with Crippen LogP contribution in [0.25, 0.3) is 0 Å². The lowest BCUT2D eigenvalue weighted by Gasteiger charge is -2.28. The molecular formula is C19H29ClN2O2. The number of rotatable bonds is 5. The Kier molecular flexibility index (Phi) is 6.93. The maximum absolute atomic E-state index is 12.2. The summed E-state index contributed by atoms with van der Waals surface area (Å²) in [4.78, 5) is 12.2. The molecule has 1 aliphatic carbocycles. The first-order chi connectivity index (χ1) is 11.3. The number of halogens is 1. The van der Waals surface area contributed by atoms with Crippen LogP contribution in [0.15, 0.2) is 24.3 Å². The highest BCUT2D eigenvalue weighted by Gasteiger charge is 2.22. The normalized spacial score (nSPS) is 17.3. The summed E-state index contributed by atoms with van der Waals surface area (Å²) in [6, 6.07) is 7.98. The Morgan fingerprint density at radius 1 is 1.29 bits per heavy atom. The second-order valence-corrected chi connectivity index (χ2v) is 7.93. The Bertz CT molecular complexity index is 536. The minimum atomic E-state index is -0.514. The molecule has 0 saturated heterocycles. The number of amides is 1. The molecule has 1 saturated carbocycles. The van der Waals surface area contributed by atoms with E-state index in [2.05, 4.69) is 10.6 Å². The molecule has 0 bridgehead atoms. The molecule has 0 spiro atoms. The van der Waals surface area contributed by atoms with Gasteiger partial charge in [0.25, 0.3) is 0 Å². The predicted molar refractivity (Wildman–Crippen MR) is 98.4 cm³/mol. The number of carbonyl (C=O) groups excluding carboxylic acids is 1. The van der Waals surface area contributed by atoms with E-state index in [9.17, 15) is 4.79 Å². The molecule has 0 radical (unpaired) electrons. The van der Waals surface area contributed by atoms with Crippen molar-refractivity contribution in [1.82, 2.24) is 10.6 Å². The Morgan fingerprint density at radius 3 is 2.62 bits per heavy atom. The van der Waals surface area contributed by atoms with Crippen molar-refractivity contribution in [1.29, 1.82) is 0 Å². The van der Waals surface area contributed by atoms with E-state index in [1.807, 2.05) is 45.0 Å². The number of ether oxygens (including phenoxy) is 1. The highest BCUT2D eigenvalue weighted by Crippen LogP contribution is 2.21. The van der Waals surface area contributed by atoms with Crippen LogP contribution in [-0.2, 0) is 4.74 Å². The van der Waals surface area contributed by atoms with E-state index < -0.39 is 11.7 Å². The van der Waals surface area contributed by atoms with Gasteiger partial charge in [0.05, 0.1) is 6.04 Å². The fraction of sp³-hybridized carbons (Fsp3) is 0.632. The molecule has 1 fully saturated rings. The van der Waals surface area contributed by atoms with Crippen molar-refractivity contribution >= 4 is 17.7 Å². The van der Waals surface area contributed by atoms with Gasteiger partial charge in [0.2, 0.25) is 0 Å². The van der Waals surface area contributed by atoms with E-state index in [1.165, 1.54) is 32.1 Å². The number of hydrogen-bond donors (Lipinski definition) is 2. The van der Waals surface area contributed by atoms with Crippen LogP contribution in [0.5, 0.6) is 0 Å². The Morgan fingerprint density at radius 2 is 2.00 bits per heavy atom. The predicted octanol–water partition coefficient (Wildman–Crippen LogP) is 4.83. The summed E-state index contributed by atoms with van der Waals surface area (Å²) in [6.07, 6.45) is 5.88. The summed E-state index contributed by atoms with van der Waals surface area (Å²) in [6.45, 7) is 6.26. The van der Waals surface area contributed by atoms with E-state index >= 15 is 0 Å². The fourth-order valence-electron chi connectivity index (χ4n) is 3.02. The maximum Gasteiger partial charge on any atom is 0.408 e. The molecule has 1 amide bonds. The molecule has 0 heterocycles. The average molecular weight is 353 g/mol. The summed E-state index contributed by atoms with van der Waals surface area (Å²) >= 11 is 6.12. The molecule has 0 aliphatic heterocycles. The third kappa shape index (κ3) is 6.70. The summed E-state index contributed by atoms with van der Waals surface area (Å²) in [7, 11) is 0. The average Bonchev–Trinajstić information content (AvgIpc) is 2.50. The number of carbonyl (C=O) groups is 1. The summed E-state index contributed by atoms with van der Waals surface area (Å²) in [5.41, 5.74) is 0.469. The van der Waals surface area contributed by atoms with Crippen LogP contribution in [-0.4, -0.2) is 24.3 Å². The standard InChI is InChI=1S/C19H29ClN2O2/c1-19(2,3)24-18(23)22-17(14-8-7-9-15(20)12-14)13-21-16-10-5-4-6-11-16/h7-9,12,16-17,21H,4-6,10-11,13H2,1-3H3,(H,22,23). The SMILES string of the molecule is CC(C)(C)OC(=O)NC(CNC1CCCCC1)c1cccc(Cl)c1.